The van der Waals surface area contributed by atoms with E-state index in [4.69, 9.17) is 21.4 Å². The van der Waals surface area contributed by atoms with E-state index >= 15 is 0 Å². The van der Waals surface area contributed by atoms with Gasteiger partial charge in [-0.05, 0) is 52.0 Å². The quantitative estimate of drug-likeness (QED) is 0.280. The summed E-state index contributed by atoms with van der Waals surface area (Å²) < 4.78 is 5.27. The third kappa shape index (κ3) is 7.94. The Balaban J connectivity index is 5.21. The van der Waals surface area contributed by atoms with E-state index < -0.39 is 35.7 Å². The molecule has 0 aliphatic carbocycles. The number of nitrogens with two attached hydrogens (primary N) is 2. The fourth-order valence-corrected chi connectivity index (χ4v) is 2.42. The number of carbonyl (C=O) groups excluding carboxylic acids is 1. The molecule has 0 aliphatic rings. The van der Waals surface area contributed by atoms with Crippen LogP contribution in [-0.2, 0) is 9.53 Å². The molecule has 0 aromatic rings. The number of rotatable bonds is 9. The molecule has 6 N–H and O–H groups in total. The summed E-state index contributed by atoms with van der Waals surface area (Å²) in [5.74, 6) is 4.22. The Bertz CT molecular complexity index is 411. The predicted molar refractivity (Wildman–Crippen MR) is 90.9 cm³/mol. The SMILES string of the molecule is CCC(CC(CC(C)CN)N(N)C(=O)OC(C)(C)C)C(O)C(=O)O. The van der Waals surface area contributed by atoms with Crippen LogP contribution in [0.2, 0.25) is 0 Å². The zero-order chi connectivity index (χ0) is 19.1. The Morgan fingerprint density at radius 1 is 1.25 bits per heavy atom. The summed E-state index contributed by atoms with van der Waals surface area (Å²) in [5.41, 5.74) is 4.96. The number of carboxylic acid groups (broad SMARTS) is 1. The van der Waals surface area contributed by atoms with Crippen molar-refractivity contribution in [1.82, 2.24) is 5.01 Å². The maximum atomic E-state index is 12.2. The normalized spacial score (nSPS) is 16.8. The van der Waals surface area contributed by atoms with Crippen molar-refractivity contribution in [2.45, 2.75) is 71.6 Å². The van der Waals surface area contributed by atoms with Crippen LogP contribution in [0.5, 0.6) is 0 Å². The second-order valence-corrected chi connectivity index (χ2v) is 7.31. The summed E-state index contributed by atoms with van der Waals surface area (Å²) in [6.45, 7) is 9.33. The lowest BCUT2D eigenvalue weighted by atomic mass is 9.87. The highest BCUT2D eigenvalue weighted by molar-refractivity contribution is 5.72. The summed E-state index contributed by atoms with van der Waals surface area (Å²) >= 11 is 0. The van der Waals surface area contributed by atoms with Gasteiger partial charge in [-0.15, -0.1) is 0 Å². The van der Waals surface area contributed by atoms with Gasteiger partial charge in [0.05, 0.1) is 6.04 Å². The fourth-order valence-electron chi connectivity index (χ4n) is 2.42. The first-order chi connectivity index (χ1) is 10.9. The van der Waals surface area contributed by atoms with Gasteiger partial charge in [0.2, 0.25) is 0 Å². The molecule has 142 valence electrons. The molecular weight excluding hydrogens is 314 g/mol. The predicted octanol–water partition coefficient (Wildman–Crippen LogP) is 1.31. The van der Waals surface area contributed by atoms with Crippen molar-refractivity contribution in [3.05, 3.63) is 0 Å². The molecule has 0 saturated carbocycles. The second-order valence-electron chi connectivity index (χ2n) is 7.31. The van der Waals surface area contributed by atoms with E-state index in [0.717, 1.165) is 5.01 Å². The second kappa shape index (κ2) is 9.80. The van der Waals surface area contributed by atoms with Crippen molar-refractivity contribution in [2.24, 2.45) is 23.4 Å². The van der Waals surface area contributed by atoms with Crippen LogP contribution in [-0.4, -0.2) is 51.6 Å². The van der Waals surface area contributed by atoms with Crippen LogP contribution in [0.15, 0.2) is 0 Å². The summed E-state index contributed by atoms with van der Waals surface area (Å²) in [5, 5.41) is 19.8. The van der Waals surface area contributed by atoms with E-state index in [1.54, 1.807) is 27.7 Å². The number of hydrogen-bond donors (Lipinski definition) is 4. The zero-order valence-electron chi connectivity index (χ0n) is 15.4. The van der Waals surface area contributed by atoms with Crippen LogP contribution in [0, 0.1) is 11.8 Å². The number of aliphatic hydroxyl groups excluding tert-OH is 1. The van der Waals surface area contributed by atoms with Gasteiger partial charge < -0.3 is 20.7 Å². The Kier molecular flexibility index (Phi) is 9.24. The number of carbonyl (C=O) groups is 2. The van der Waals surface area contributed by atoms with Crippen molar-refractivity contribution < 1.29 is 24.5 Å². The average molecular weight is 347 g/mol. The molecule has 0 fully saturated rings. The molecule has 4 atom stereocenters. The molecule has 0 saturated heterocycles. The first kappa shape index (κ1) is 22.6. The molecular formula is C16H33N3O5. The highest BCUT2D eigenvalue weighted by Crippen LogP contribution is 2.24. The molecule has 8 heteroatoms. The number of aliphatic hydroxyl groups is 1. The highest BCUT2D eigenvalue weighted by Gasteiger charge is 2.32. The molecule has 4 unspecified atom stereocenters. The van der Waals surface area contributed by atoms with Gasteiger partial charge in [-0.1, -0.05) is 20.3 Å². The number of amides is 1. The minimum atomic E-state index is -1.50. The van der Waals surface area contributed by atoms with Crippen LogP contribution >= 0.6 is 0 Å². The third-order valence-corrected chi connectivity index (χ3v) is 3.87. The van der Waals surface area contributed by atoms with Crippen LogP contribution in [0.4, 0.5) is 4.79 Å². The van der Waals surface area contributed by atoms with Gasteiger partial charge in [0.25, 0.3) is 0 Å². The standard InChI is InChI=1S/C16H33N3O5/c1-6-11(13(20)14(21)22)8-12(7-10(2)9-17)19(18)15(23)24-16(3,4)5/h10-13,20H,6-9,17-18H2,1-5H3,(H,21,22). The van der Waals surface area contributed by atoms with E-state index in [9.17, 15) is 14.7 Å². The molecule has 0 bridgehead atoms. The number of carboxylic acids is 1. The summed E-state index contributed by atoms with van der Waals surface area (Å²) in [6, 6.07) is -0.475. The Morgan fingerprint density at radius 3 is 2.17 bits per heavy atom. The Hall–Kier alpha value is -1.38. The van der Waals surface area contributed by atoms with Crippen LogP contribution in [0.1, 0.15) is 53.9 Å². The topological polar surface area (TPSA) is 139 Å². The van der Waals surface area contributed by atoms with Gasteiger partial charge in [0, 0.05) is 0 Å². The van der Waals surface area contributed by atoms with Gasteiger partial charge >= 0.3 is 12.1 Å². The van der Waals surface area contributed by atoms with Crippen molar-refractivity contribution in [1.29, 1.82) is 0 Å². The number of nitrogens with zero attached hydrogens (tertiary/aromatic N) is 1. The number of ether oxygens (including phenoxy) is 1. The van der Waals surface area contributed by atoms with E-state index in [-0.39, 0.29) is 12.3 Å². The lowest BCUT2D eigenvalue weighted by Gasteiger charge is -2.33. The maximum absolute atomic E-state index is 12.2. The minimum absolute atomic E-state index is 0.0861. The lowest BCUT2D eigenvalue weighted by Crippen LogP contribution is -2.50. The van der Waals surface area contributed by atoms with E-state index in [1.807, 2.05) is 6.92 Å². The van der Waals surface area contributed by atoms with Crippen molar-refractivity contribution in [3.8, 4) is 0 Å². The van der Waals surface area contributed by atoms with E-state index in [1.165, 1.54) is 0 Å². The summed E-state index contributed by atoms with van der Waals surface area (Å²) in [7, 11) is 0. The number of aliphatic carboxylic acids is 1. The van der Waals surface area contributed by atoms with E-state index in [0.29, 0.717) is 19.4 Å². The zero-order valence-corrected chi connectivity index (χ0v) is 15.4. The Labute approximate surface area is 144 Å². The van der Waals surface area contributed by atoms with Gasteiger partial charge in [-0.25, -0.2) is 20.4 Å². The Morgan fingerprint density at radius 2 is 1.79 bits per heavy atom. The molecule has 0 aromatic carbocycles. The molecule has 0 rings (SSSR count). The lowest BCUT2D eigenvalue weighted by molar-refractivity contribution is -0.150. The molecule has 24 heavy (non-hydrogen) atoms. The van der Waals surface area contributed by atoms with Crippen molar-refractivity contribution in [3.63, 3.8) is 0 Å². The van der Waals surface area contributed by atoms with Crippen LogP contribution in [0.25, 0.3) is 0 Å². The molecule has 0 aromatic heterocycles. The van der Waals surface area contributed by atoms with Gasteiger partial charge in [-0.2, -0.15) is 0 Å². The molecule has 0 aliphatic heterocycles. The number of hydrazine groups is 1. The third-order valence-electron chi connectivity index (χ3n) is 3.87. The minimum Gasteiger partial charge on any atom is -0.479 e. The summed E-state index contributed by atoms with van der Waals surface area (Å²) in [6.07, 6.45) is -0.989. The first-order valence-corrected chi connectivity index (χ1v) is 8.30. The first-order valence-electron chi connectivity index (χ1n) is 8.30. The molecule has 0 heterocycles. The molecule has 0 spiro atoms. The van der Waals surface area contributed by atoms with Gasteiger partial charge in [0.15, 0.2) is 6.10 Å². The fraction of sp³-hybridized carbons (Fsp3) is 0.875. The highest BCUT2D eigenvalue weighted by atomic mass is 16.6. The van der Waals surface area contributed by atoms with E-state index in [2.05, 4.69) is 0 Å². The number of hydrogen-bond acceptors (Lipinski definition) is 6. The van der Waals surface area contributed by atoms with Crippen molar-refractivity contribution >= 4 is 12.1 Å². The van der Waals surface area contributed by atoms with Gasteiger partial charge in [0.1, 0.15) is 5.60 Å². The monoisotopic (exact) mass is 347 g/mol. The van der Waals surface area contributed by atoms with Gasteiger partial charge in [-0.3, -0.25) is 0 Å². The maximum Gasteiger partial charge on any atom is 0.424 e. The van der Waals surface area contributed by atoms with Crippen molar-refractivity contribution in [2.75, 3.05) is 6.54 Å². The molecule has 8 nitrogen and oxygen atoms in total. The largest absolute Gasteiger partial charge is 0.479 e. The van der Waals surface area contributed by atoms with Crippen LogP contribution in [0.3, 0.4) is 0 Å². The smallest absolute Gasteiger partial charge is 0.424 e. The summed E-state index contributed by atoms with van der Waals surface area (Å²) in [4.78, 5) is 23.3. The van der Waals surface area contributed by atoms with Crippen LogP contribution < -0.4 is 11.6 Å². The molecule has 0 radical (unpaired) electrons. The average Bonchev–Trinajstić information content (AvgIpc) is 2.47. The molecule has 1 amide bonds.